The van der Waals surface area contributed by atoms with Crippen LogP contribution in [0.15, 0.2) is 73.1 Å². The van der Waals surface area contributed by atoms with E-state index in [9.17, 15) is 4.79 Å². The van der Waals surface area contributed by atoms with Gasteiger partial charge in [0.25, 0.3) is 0 Å². The minimum Gasteiger partial charge on any atom is -0.481 e. The standard InChI is InChI=1S/C25H23Cl2N3O2S/c1-30(25(33)29-23-13-10-19(26)15-22(23)27)20-11-8-17(9-12-20)21(6-2-3-7-24(31)32)18-5-4-14-28-16-18/h4-6,8-16H,2-3,7H2,1H3,(H,29,33)(H,31,32)/b21-6-. The number of hydrogen-bond acceptors (Lipinski definition) is 3. The van der Waals surface area contributed by atoms with E-state index in [1.807, 2.05) is 48.3 Å². The van der Waals surface area contributed by atoms with Crippen LogP contribution in [-0.4, -0.2) is 28.2 Å². The second-order valence-electron chi connectivity index (χ2n) is 7.31. The fraction of sp³-hybridized carbons (Fsp3) is 0.160. The zero-order valence-corrected chi connectivity index (χ0v) is 20.3. The number of carboxylic acid groups (broad SMARTS) is 1. The second kappa shape index (κ2) is 11.8. The minimum atomic E-state index is -0.789. The van der Waals surface area contributed by atoms with Crippen molar-refractivity contribution in [2.24, 2.45) is 0 Å². The number of nitrogens with one attached hydrogen (secondary N) is 1. The van der Waals surface area contributed by atoms with Gasteiger partial charge in [0, 0.05) is 42.1 Å². The number of carbonyl (C=O) groups is 1. The van der Waals surface area contributed by atoms with Gasteiger partial charge in [-0.2, -0.15) is 0 Å². The summed E-state index contributed by atoms with van der Waals surface area (Å²) in [6.07, 6.45) is 6.97. The van der Waals surface area contributed by atoms with Gasteiger partial charge in [-0.3, -0.25) is 9.78 Å². The van der Waals surface area contributed by atoms with Gasteiger partial charge < -0.3 is 15.3 Å². The highest BCUT2D eigenvalue weighted by molar-refractivity contribution is 7.80. The maximum atomic E-state index is 10.8. The lowest BCUT2D eigenvalue weighted by Crippen LogP contribution is -2.30. The van der Waals surface area contributed by atoms with E-state index in [0.29, 0.717) is 33.7 Å². The number of thiocarbonyl (C=S) groups is 1. The molecule has 3 aromatic rings. The fourth-order valence-corrected chi connectivity index (χ4v) is 3.87. The lowest BCUT2D eigenvalue weighted by atomic mass is 9.97. The Morgan fingerprint density at radius 1 is 1.15 bits per heavy atom. The first kappa shape index (κ1) is 24.7. The molecule has 0 radical (unpaired) electrons. The van der Waals surface area contributed by atoms with Crippen molar-refractivity contribution in [3.63, 3.8) is 0 Å². The Labute approximate surface area is 208 Å². The maximum absolute atomic E-state index is 10.8. The second-order valence-corrected chi connectivity index (χ2v) is 8.54. The summed E-state index contributed by atoms with van der Waals surface area (Å²) in [7, 11) is 1.87. The first-order valence-corrected chi connectivity index (χ1v) is 11.4. The van der Waals surface area contributed by atoms with Crippen molar-refractivity contribution in [2.45, 2.75) is 19.3 Å². The lowest BCUT2D eigenvalue weighted by molar-refractivity contribution is -0.137. The number of pyridine rings is 1. The largest absolute Gasteiger partial charge is 0.481 e. The summed E-state index contributed by atoms with van der Waals surface area (Å²) in [5.41, 5.74) is 4.57. The molecule has 0 unspecified atom stereocenters. The van der Waals surface area contributed by atoms with Gasteiger partial charge in [0.2, 0.25) is 0 Å². The van der Waals surface area contributed by atoms with E-state index in [1.54, 1.807) is 30.6 Å². The molecule has 1 heterocycles. The number of rotatable bonds is 8. The third kappa shape index (κ3) is 7.02. The molecular weight excluding hydrogens is 477 g/mol. The molecule has 8 heteroatoms. The van der Waals surface area contributed by atoms with Crippen LogP contribution in [0, 0.1) is 0 Å². The van der Waals surface area contributed by atoms with Crippen LogP contribution in [0.4, 0.5) is 11.4 Å². The SMILES string of the molecule is CN(C(=S)Nc1ccc(Cl)cc1Cl)c1ccc(/C(=C/CCCC(=O)O)c2cccnc2)cc1. The molecule has 0 atom stereocenters. The Bertz CT molecular complexity index is 1150. The minimum absolute atomic E-state index is 0.142. The lowest BCUT2D eigenvalue weighted by Gasteiger charge is -2.22. The molecular formula is C25H23Cl2N3O2S. The Morgan fingerprint density at radius 3 is 2.55 bits per heavy atom. The van der Waals surface area contributed by atoms with E-state index in [-0.39, 0.29) is 6.42 Å². The molecule has 0 bridgehead atoms. The van der Waals surface area contributed by atoms with E-state index < -0.39 is 5.97 Å². The van der Waals surface area contributed by atoms with Crippen LogP contribution in [0.2, 0.25) is 10.0 Å². The Balaban J connectivity index is 1.77. The first-order chi connectivity index (χ1) is 15.8. The van der Waals surface area contributed by atoms with Gasteiger partial charge >= 0.3 is 5.97 Å². The molecule has 0 aliphatic heterocycles. The first-order valence-electron chi connectivity index (χ1n) is 10.3. The number of aliphatic carboxylic acids is 1. The van der Waals surface area contributed by atoms with Crippen LogP contribution in [0.1, 0.15) is 30.4 Å². The molecule has 0 aliphatic carbocycles. The van der Waals surface area contributed by atoms with Crippen molar-refractivity contribution in [1.29, 1.82) is 0 Å². The van der Waals surface area contributed by atoms with Crippen molar-refractivity contribution >= 4 is 63.4 Å². The van der Waals surface area contributed by atoms with Crippen LogP contribution >= 0.6 is 35.4 Å². The molecule has 33 heavy (non-hydrogen) atoms. The van der Waals surface area contributed by atoms with Crippen LogP contribution < -0.4 is 10.2 Å². The van der Waals surface area contributed by atoms with Crippen molar-refractivity contribution in [3.05, 3.63) is 94.2 Å². The summed E-state index contributed by atoms with van der Waals surface area (Å²) in [6.45, 7) is 0. The van der Waals surface area contributed by atoms with Gasteiger partial charge in [0.05, 0.1) is 10.7 Å². The molecule has 2 aromatic carbocycles. The van der Waals surface area contributed by atoms with Crippen LogP contribution in [-0.2, 0) is 4.79 Å². The molecule has 0 saturated heterocycles. The van der Waals surface area contributed by atoms with Gasteiger partial charge in [0.15, 0.2) is 5.11 Å². The van der Waals surface area contributed by atoms with Crippen molar-refractivity contribution < 1.29 is 9.90 Å². The highest BCUT2D eigenvalue weighted by atomic mass is 35.5. The number of anilines is 2. The predicted octanol–water partition coefficient (Wildman–Crippen LogP) is 6.91. The van der Waals surface area contributed by atoms with Gasteiger partial charge in [-0.1, -0.05) is 47.5 Å². The average molecular weight is 500 g/mol. The van der Waals surface area contributed by atoms with E-state index in [1.165, 1.54) is 0 Å². The zero-order chi connectivity index (χ0) is 23.8. The molecule has 0 spiro atoms. The molecule has 0 amide bonds. The highest BCUT2D eigenvalue weighted by Gasteiger charge is 2.11. The van der Waals surface area contributed by atoms with Crippen molar-refractivity contribution in [3.8, 4) is 0 Å². The van der Waals surface area contributed by atoms with Crippen molar-refractivity contribution in [1.82, 2.24) is 4.98 Å². The molecule has 0 saturated carbocycles. The van der Waals surface area contributed by atoms with Crippen LogP contribution in [0.5, 0.6) is 0 Å². The molecule has 3 rings (SSSR count). The predicted molar refractivity (Wildman–Crippen MR) is 140 cm³/mol. The molecule has 2 N–H and O–H groups in total. The van der Waals surface area contributed by atoms with E-state index in [4.69, 9.17) is 40.5 Å². The number of unbranched alkanes of at least 4 members (excludes halogenated alkanes) is 1. The number of halogens is 2. The summed E-state index contributed by atoms with van der Waals surface area (Å²) >= 11 is 17.7. The Morgan fingerprint density at radius 2 is 1.91 bits per heavy atom. The smallest absolute Gasteiger partial charge is 0.303 e. The Kier molecular flexibility index (Phi) is 8.83. The molecule has 170 valence electrons. The number of allylic oxidation sites excluding steroid dienone is 1. The van der Waals surface area contributed by atoms with E-state index >= 15 is 0 Å². The van der Waals surface area contributed by atoms with Gasteiger partial charge in [-0.15, -0.1) is 0 Å². The summed E-state index contributed by atoms with van der Waals surface area (Å²) < 4.78 is 0. The third-order valence-electron chi connectivity index (χ3n) is 4.96. The maximum Gasteiger partial charge on any atom is 0.303 e. The van der Waals surface area contributed by atoms with Crippen molar-refractivity contribution in [2.75, 3.05) is 17.3 Å². The summed E-state index contributed by atoms with van der Waals surface area (Å²) in [5.74, 6) is -0.789. The number of benzene rings is 2. The van der Waals surface area contributed by atoms with Gasteiger partial charge in [0.1, 0.15) is 0 Å². The molecule has 5 nitrogen and oxygen atoms in total. The normalized spacial score (nSPS) is 11.2. The number of aromatic nitrogens is 1. The van der Waals surface area contributed by atoms with Crippen LogP contribution in [0.25, 0.3) is 5.57 Å². The summed E-state index contributed by atoms with van der Waals surface area (Å²) in [6, 6.07) is 17.0. The van der Waals surface area contributed by atoms with Gasteiger partial charge in [-0.05, 0) is 72.6 Å². The quantitative estimate of drug-likeness (QED) is 0.259. The van der Waals surface area contributed by atoms with E-state index in [0.717, 1.165) is 22.4 Å². The topological polar surface area (TPSA) is 65.5 Å². The number of nitrogens with zero attached hydrogens (tertiary/aromatic N) is 2. The summed E-state index contributed by atoms with van der Waals surface area (Å²) in [5, 5.41) is 13.6. The molecule has 0 aliphatic rings. The van der Waals surface area contributed by atoms with E-state index in [2.05, 4.69) is 16.4 Å². The number of hydrogen-bond donors (Lipinski definition) is 2. The summed E-state index contributed by atoms with van der Waals surface area (Å²) in [4.78, 5) is 16.9. The third-order valence-corrected chi connectivity index (χ3v) is 5.88. The molecule has 0 fully saturated rings. The molecule has 1 aromatic heterocycles. The van der Waals surface area contributed by atoms with Gasteiger partial charge in [-0.25, -0.2) is 0 Å². The monoisotopic (exact) mass is 499 g/mol. The van der Waals surface area contributed by atoms with Crippen LogP contribution in [0.3, 0.4) is 0 Å². The number of carboxylic acids is 1. The zero-order valence-electron chi connectivity index (χ0n) is 18.0. The Hall–Kier alpha value is -2.93. The average Bonchev–Trinajstić information content (AvgIpc) is 2.81. The fourth-order valence-electron chi connectivity index (χ4n) is 3.20. The highest BCUT2D eigenvalue weighted by Crippen LogP contribution is 2.28.